The largest absolute Gasteiger partial charge is 0.326 e. The first-order valence-electron chi connectivity index (χ1n) is 7.33. The molecular formula is C16H26ClFN2. The van der Waals surface area contributed by atoms with E-state index in [-0.39, 0.29) is 17.4 Å². The monoisotopic (exact) mass is 300 g/mol. The third kappa shape index (κ3) is 3.72. The molecule has 1 aromatic carbocycles. The van der Waals surface area contributed by atoms with E-state index in [1.807, 2.05) is 0 Å². The van der Waals surface area contributed by atoms with Crippen LogP contribution in [0.4, 0.5) is 4.39 Å². The Balaban J connectivity index is 2.94. The van der Waals surface area contributed by atoms with E-state index in [4.69, 9.17) is 17.3 Å². The quantitative estimate of drug-likeness (QED) is 0.828. The maximum atomic E-state index is 13.9. The highest BCUT2D eigenvalue weighted by molar-refractivity contribution is 6.30. The lowest BCUT2D eigenvalue weighted by molar-refractivity contribution is 0.0842. The molecule has 2 unspecified atom stereocenters. The molecule has 2 nitrogen and oxygen atoms in total. The third-order valence-corrected chi connectivity index (χ3v) is 4.69. The lowest BCUT2D eigenvalue weighted by Crippen LogP contribution is -2.58. The Labute approximate surface area is 127 Å². The zero-order valence-electron chi connectivity index (χ0n) is 12.9. The maximum Gasteiger partial charge on any atom is 0.127 e. The van der Waals surface area contributed by atoms with Crippen LogP contribution in [0.3, 0.4) is 0 Å². The van der Waals surface area contributed by atoms with Gasteiger partial charge in [0.1, 0.15) is 5.82 Å². The fourth-order valence-corrected chi connectivity index (χ4v) is 2.97. The topological polar surface area (TPSA) is 29.3 Å². The van der Waals surface area contributed by atoms with Crippen LogP contribution in [0.2, 0.25) is 5.02 Å². The first-order valence-corrected chi connectivity index (χ1v) is 7.71. The zero-order valence-corrected chi connectivity index (χ0v) is 13.7. The lowest BCUT2D eigenvalue weighted by Gasteiger charge is -2.44. The fraction of sp³-hybridized carbons (Fsp3) is 0.625. The lowest BCUT2D eigenvalue weighted by atomic mass is 9.84. The van der Waals surface area contributed by atoms with Crippen LogP contribution < -0.4 is 5.73 Å². The minimum absolute atomic E-state index is 0.122. The van der Waals surface area contributed by atoms with Crippen molar-refractivity contribution >= 4 is 11.6 Å². The molecule has 114 valence electrons. The van der Waals surface area contributed by atoms with Crippen LogP contribution in [-0.4, -0.2) is 29.6 Å². The standard InChI is InChI=1S/C16H26ClFN2/c1-5-16(4,20(6-2)7-3)15(19)10-12-8-9-13(17)11-14(12)18/h8-9,11,15H,5-7,10,19H2,1-4H3. The number of likely N-dealkylation sites (N-methyl/N-ethyl adjacent to an activating group) is 1. The first-order chi connectivity index (χ1) is 9.38. The molecule has 0 aliphatic heterocycles. The molecule has 0 aliphatic rings. The average molecular weight is 301 g/mol. The van der Waals surface area contributed by atoms with E-state index in [0.29, 0.717) is 17.0 Å². The molecule has 0 aromatic heterocycles. The second-order valence-electron chi connectivity index (χ2n) is 5.43. The molecule has 2 N–H and O–H groups in total. The molecule has 0 saturated heterocycles. The van der Waals surface area contributed by atoms with Crippen LogP contribution in [-0.2, 0) is 6.42 Å². The maximum absolute atomic E-state index is 13.9. The Bertz CT molecular complexity index is 434. The average Bonchev–Trinajstić information content (AvgIpc) is 2.42. The molecule has 0 radical (unpaired) electrons. The van der Waals surface area contributed by atoms with Gasteiger partial charge in [0.05, 0.1) is 0 Å². The van der Waals surface area contributed by atoms with E-state index in [1.54, 1.807) is 12.1 Å². The molecule has 0 amide bonds. The Kier molecular flexibility index (Phi) is 6.44. The summed E-state index contributed by atoms with van der Waals surface area (Å²) in [5, 5.41) is 0.418. The van der Waals surface area contributed by atoms with Crippen molar-refractivity contribution in [2.24, 2.45) is 5.73 Å². The van der Waals surface area contributed by atoms with Crippen molar-refractivity contribution in [3.8, 4) is 0 Å². The van der Waals surface area contributed by atoms with Crippen LogP contribution in [0.15, 0.2) is 18.2 Å². The van der Waals surface area contributed by atoms with Gasteiger partial charge in [0, 0.05) is 16.6 Å². The number of hydrogen-bond donors (Lipinski definition) is 1. The summed E-state index contributed by atoms with van der Waals surface area (Å²) in [5.41, 5.74) is 6.92. The van der Waals surface area contributed by atoms with E-state index < -0.39 is 0 Å². The van der Waals surface area contributed by atoms with Crippen molar-refractivity contribution in [2.75, 3.05) is 13.1 Å². The van der Waals surface area contributed by atoms with Gasteiger partial charge in [0.25, 0.3) is 0 Å². The Morgan fingerprint density at radius 1 is 1.30 bits per heavy atom. The summed E-state index contributed by atoms with van der Waals surface area (Å²) in [5.74, 6) is -0.272. The van der Waals surface area contributed by atoms with Gasteiger partial charge in [-0.2, -0.15) is 0 Å². The van der Waals surface area contributed by atoms with Crippen molar-refractivity contribution < 1.29 is 4.39 Å². The minimum atomic E-state index is -0.272. The molecule has 1 rings (SSSR count). The van der Waals surface area contributed by atoms with E-state index >= 15 is 0 Å². The molecular weight excluding hydrogens is 275 g/mol. The van der Waals surface area contributed by atoms with Gasteiger partial charge in [-0.1, -0.05) is 38.4 Å². The number of benzene rings is 1. The van der Waals surface area contributed by atoms with Gasteiger partial charge in [-0.3, -0.25) is 4.90 Å². The number of nitrogens with two attached hydrogens (primary N) is 1. The predicted molar refractivity (Wildman–Crippen MR) is 84.7 cm³/mol. The van der Waals surface area contributed by atoms with Gasteiger partial charge < -0.3 is 5.73 Å². The number of nitrogens with zero attached hydrogens (tertiary/aromatic N) is 1. The van der Waals surface area contributed by atoms with Crippen molar-refractivity contribution in [2.45, 2.75) is 52.1 Å². The van der Waals surface area contributed by atoms with E-state index in [2.05, 4.69) is 32.6 Å². The summed E-state index contributed by atoms with van der Waals surface area (Å²) < 4.78 is 13.9. The van der Waals surface area contributed by atoms with Crippen LogP contribution in [0, 0.1) is 5.82 Å². The van der Waals surface area contributed by atoms with Crippen molar-refractivity contribution in [3.63, 3.8) is 0 Å². The SMILES string of the molecule is CCN(CC)C(C)(CC)C(N)Cc1ccc(Cl)cc1F. The molecule has 0 aliphatic carbocycles. The molecule has 0 fully saturated rings. The number of halogens is 2. The van der Waals surface area contributed by atoms with Gasteiger partial charge in [-0.15, -0.1) is 0 Å². The van der Waals surface area contributed by atoms with Gasteiger partial charge in [0.15, 0.2) is 0 Å². The zero-order chi connectivity index (χ0) is 15.3. The predicted octanol–water partition coefficient (Wildman–Crippen LogP) is 3.86. The second-order valence-corrected chi connectivity index (χ2v) is 5.87. The van der Waals surface area contributed by atoms with Gasteiger partial charge >= 0.3 is 0 Å². The highest BCUT2D eigenvalue weighted by Gasteiger charge is 2.34. The smallest absolute Gasteiger partial charge is 0.127 e. The summed E-state index contributed by atoms with van der Waals surface area (Å²) in [6.07, 6.45) is 1.45. The van der Waals surface area contributed by atoms with Gasteiger partial charge in [-0.25, -0.2) is 4.39 Å². The van der Waals surface area contributed by atoms with Crippen molar-refractivity contribution in [3.05, 3.63) is 34.6 Å². The normalized spacial score (nSPS) is 16.2. The molecule has 0 bridgehead atoms. The van der Waals surface area contributed by atoms with Gasteiger partial charge in [0.2, 0.25) is 0 Å². The molecule has 0 spiro atoms. The fourth-order valence-electron chi connectivity index (χ4n) is 2.81. The Morgan fingerprint density at radius 2 is 1.90 bits per heavy atom. The first kappa shape index (κ1) is 17.4. The van der Waals surface area contributed by atoms with Crippen molar-refractivity contribution in [1.29, 1.82) is 0 Å². The molecule has 0 saturated carbocycles. The number of hydrogen-bond acceptors (Lipinski definition) is 2. The minimum Gasteiger partial charge on any atom is -0.326 e. The van der Waals surface area contributed by atoms with Crippen LogP contribution in [0.1, 0.15) is 39.7 Å². The van der Waals surface area contributed by atoms with Crippen molar-refractivity contribution in [1.82, 2.24) is 4.90 Å². The molecule has 1 aromatic rings. The number of rotatable bonds is 7. The van der Waals surface area contributed by atoms with Crippen LogP contribution in [0.25, 0.3) is 0 Å². The van der Waals surface area contributed by atoms with Gasteiger partial charge in [-0.05, 0) is 50.6 Å². The highest BCUT2D eigenvalue weighted by Crippen LogP contribution is 2.26. The summed E-state index contributed by atoms with van der Waals surface area (Å²) in [6, 6.07) is 4.68. The summed E-state index contributed by atoms with van der Waals surface area (Å²) in [4.78, 5) is 2.35. The highest BCUT2D eigenvalue weighted by atomic mass is 35.5. The summed E-state index contributed by atoms with van der Waals surface area (Å²) in [6.45, 7) is 10.4. The molecule has 20 heavy (non-hydrogen) atoms. The molecule has 4 heteroatoms. The Hall–Kier alpha value is -0.640. The second kappa shape index (κ2) is 7.39. The van der Waals surface area contributed by atoms with Crippen LogP contribution in [0.5, 0.6) is 0 Å². The summed E-state index contributed by atoms with van der Waals surface area (Å²) in [7, 11) is 0. The Morgan fingerprint density at radius 3 is 2.35 bits per heavy atom. The third-order valence-electron chi connectivity index (χ3n) is 4.46. The molecule has 0 heterocycles. The van der Waals surface area contributed by atoms with E-state index in [1.165, 1.54) is 6.07 Å². The van der Waals surface area contributed by atoms with E-state index in [0.717, 1.165) is 19.5 Å². The molecule has 2 atom stereocenters. The summed E-state index contributed by atoms with van der Waals surface area (Å²) >= 11 is 5.79. The van der Waals surface area contributed by atoms with E-state index in [9.17, 15) is 4.39 Å². The van der Waals surface area contributed by atoms with Crippen LogP contribution >= 0.6 is 11.6 Å².